The highest BCUT2D eigenvalue weighted by Gasteiger charge is 2.57. The van der Waals surface area contributed by atoms with Gasteiger partial charge in [0.1, 0.15) is 40.5 Å². The standard InChI is InChI=1S/C29H25F4N5O5/c1-27(26(34)41)13-43-24-19(27)10-21(36-23(24)14-2-4-17(30)5-3-14)28(42,29(31,32)33)12-35-25(40)15-8-16-11-38(18-6-7-18)37-22(16)20(39)9-15/h2-5,8-11,18,39,42H,6-7,12-13H2,1H3,(H2,34,41)(H,35,40)/t27-,28-/m0/s1. The molecule has 5 N–H and O–H groups in total. The van der Waals surface area contributed by atoms with E-state index in [1.807, 2.05) is 0 Å². The van der Waals surface area contributed by atoms with Gasteiger partial charge >= 0.3 is 6.18 Å². The number of alkyl halides is 3. The van der Waals surface area contributed by atoms with Crippen molar-refractivity contribution in [1.82, 2.24) is 20.1 Å². The van der Waals surface area contributed by atoms with Crippen LogP contribution in [-0.2, 0) is 15.8 Å². The number of aromatic nitrogens is 3. The van der Waals surface area contributed by atoms with E-state index >= 15 is 0 Å². The zero-order valence-electron chi connectivity index (χ0n) is 22.6. The van der Waals surface area contributed by atoms with Gasteiger partial charge in [-0.3, -0.25) is 14.3 Å². The van der Waals surface area contributed by atoms with Crippen LogP contribution in [0, 0.1) is 5.82 Å². The number of carbonyl (C=O) groups excluding carboxylic acids is 2. The number of phenolic OH excluding ortho intramolecular Hbond substituents is 1. The smallest absolute Gasteiger partial charge is 0.424 e. The highest BCUT2D eigenvalue weighted by atomic mass is 19.4. The lowest BCUT2D eigenvalue weighted by atomic mass is 9.81. The number of aromatic hydroxyl groups is 1. The van der Waals surface area contributed by atoms with Crippen LogP contribution in [0.4, 0.5) is 17.6 Å². The average molecular weight is 600 g/mol. The summed E-state index contributed by atoms with van der Waals surface area (Å²) in [5.74, 6) is -2.89. The second-order valence-corrected chi connectivity index (χ2v) is 11.0. The topological polar surface area (TPSA) is 153 Å². The lowest BCUT2D eigenvalue weighted by molar-refractivity contribution is -0.265. The molecule has 2 aromatic carbocycles. The number of hydrogen-bond donors (Lipinski definition) is 4. The molecule has 0 bridgehead atoms. The molecule has 2 amide bonds. The Morgan fingerprint density at radius 1 is 1.19 bits per heavy atom. The van der Waals surface area contributed by atoms with Gasteiger partial charge in [-0.05, 0) is 62.2 Å². The first-order valence-corrected chi connectivity index (χ1v) is 13.2. The molecular weight excluding hydrogens is 574 g/mol. The second-order valence-electron chi connectivity index (χ2n) is 11.0. The highest BCUT2D eigenvalue weighted by molar-refractivity contribution is 5.99. The van der Waals surface area contributed by atoms with Crippen molar-refractivity contribution in [1.29, 1.82) is 0 Å². The molecule has 0 unspecified atom stereocenters. The Kier molecular flexibility index (Phi) is 6.38. The van der Waals surface area contributed by atoms with Gasteiger partial charge in [0.25, 0.3) is 5.91 Å². The predicted molar refractivity (Wildman–Crippen MR) is 144 cm³/mol. The molecule has 2 aromatic heterocycles. The molecule has 2 atom stereocenters. The maximum absolute atomic E-state index is 14.6. The molecule has 1 fully saturated rings. The SMILES string of the molecule is C[C@]1(C(N)=O)COc2c1cc([C@@](O)(CNC(=O)c1cc(O)c3nn(C4CC4)cc3c1)C(F)(F)F)nc2-c1ccc(F)cc1. The summed E-state index contributed by atoms with van der Waals surface area (Å²) in [6, 6.07) is 8.16. The molecule has 43 heavy (non-hydrogen) atoms. The first-order chi connectivity index (χ1) is 20.2. The fourth-order valence-electron chi connectivity index (χ4n) is 5.04. The summed E-state index contributed by atoms with van der Waals surface area (Å²) in [6.07, 6.45) is -1.90. The van der Waals surface area contributed by atoms with Gasteiger partial charge < -0.3 is 26.0 Å². The molecule has 1 saturated carbocycles. The van der Waals surface area contributed by atoms with E-state index < -0.39 is 47.1 Å². The number of ether oxygens (including phenoxy) is 1. The van der Waals surface area contributed by atoms with E-state index in [-0.39, 0.29) is 52.0 Å². The van der Waals surface area contributed by atoms with Gasteiger partial charge in [0.05, 0.1) is 18.3 Å². The Morgan fingerprint density at radius 2 is 1.88 bits per heavy atom. The third kappa shape index (κ3) is 4.71. The zero-order chi connectivity index (χ0) is 30.9. The molecule has 0 saturated heterocycles. The van der Waals surface area contributed by atoms with Crippen LogP contribution in [0.5, 0.6) is 11.5 Å². The predicted octanol–water partition coefficient (Wildman–Crippen LogP) is 3.59. The summed E-state index contributed by atoms with van der Waals surface area (Å²) in [4.78, 5) is 29.5. The van der Waals surface area contributed by atoms with Crippen molar-refractivity contribution in [2.24, 2.45) is 5.73 Å². The lowest BCUT2D eigenvalue weighted by Crippen LogP contribution is -2.51. The maximum atomic E-state index is 14.6. The van der Waals surface area contributed by atoms with Crippen molar-refractivity contribution in [2.45, 2.75) is 43.0 Å². The van der Waals surface area contributed by atoms with Crippen molar-refractivity contribution < 1.29 is 42.1 Å². The summed E-state index contributed by atoms with van der Waals surface area (Å²) in [6.45, 7) is -0.304. The normalized spacial score (nSPS) is 19.5. The maximum Gasteiger partial charge on any atom is 0.424 e. The van der Waals surface area contributed by atoms with Crippen LogP contribution in [0.3, 0.4) is 0 Å². The van der Waals surface area contributed by atoms with Gasteiger partial charge in [-0.15, -0.1) is 0 Å². The lowest BCUT2D eigenvalue weighted by Gasteiger charge is -2.31. The van der Waals surface area contributed by atoms with Gasteiger partial charge in [-0.1, -0.05) is 0 Å². The van der Waals surface area contributed by atoms with E-state index in [2.05, 4.69) is 15.4 Å². The summed E-state index contributed by atoms with van der Waals surface area (Å²) < 4.78 is 64.8. The van der Waals surface area contributed by atoms with E-state index in [0.29, 0.717) is 5.39 Å². The minimum Gasteiger partial charge on any atom is -0.506 e. The van der Waals surface area contributed by atoms with Crippen LogP contribution >= 0.6 is 0 Å². The van der Waals surface area contributed by atoms with E-state index in [9.17, 15) is 37.4 Å². The summed E-state index contributed by atoms with van der Waals surface area (Å²) in [7, 11) is 0. The van der Waals surface area contributed by atoms with E-state index in [0.717, 1.165) is 37.1 Å². The Balaban J connectivity index is 1.39. The molecule has 3 heterocycles. The molecule has 1 aliphatic heterocycles. The van der Waals surface area contributed by atoms with Gasteiger partial charge in [0.15, 0.2) is 0 Å². The number of rotatable bonds is 7. The van der Waals surface area contributed by atoms with Gasteiger partial charge in [-0.2, -0.15) is 18.3 Å². The number of hydrogen-bond acceptors (Lipinski definition) is 7. The molecule has 10 nitrogen and oxygen atoms in total. The largest absolute Gasteiger partial charge is 0.506 e. The van der Waals surface area contributed by atoms with Gasteiger partial charge in [-0.25, -0.2) is 9.37 Å². The molecule has 1 aliphatic carbocycles. The number of aliphatic hydroxyl groups is 1. The van der Waals surface area contributed by atoms with E-state index in [4.69, 9.17) is 10.5 Å². The molecule has 4 aromatic rings. The van der Waals surface area contributed by atoms with E-state index in [1.54, 1.807) is 10.9 Å². The van der Waals surface area contributed by atoms with Crippen molar-refractivity contribution >= 4 is 22.7 Å². The van der Waals surface area contributed by atoms with Crippen LogP contribution in [-0.4, -0.2) is 56.1 Å². The minimum absolute atomic E-state index is 0.0410. The number of pyridine rings is 1. The number of carbonyl (C=O) groups is 2. The number of nitrogens with two attached hydrogens (primary N) is 1. The number of halogens is 4. The van der Waals surface area contributed by atoms with Crippen molar-refractivity contribution in [3.05, 3.63) is 71.3 Å². The third-order valence-electron chi connectivity index (χ3n) is 7.92. The monoisotopic (exact) mass is 599 g/mol. The molecule has 224 valence electrons. The first kappa shape index (κ1) is 28.4. The molecule has 6 rings (SSSR count). The summed E-state index contributed by atoms with van der Waals surface area (Å²) >= 11 is 0. The van der Waals surface area contributed by atoms with Crippen molar-refractivity contribution in [3.8, 4) is 22.8 Å². The fraction of sp³-hybridized carbons (Fsp3) is 0.310. The summed E-state index contributed by atoms with van der Waals surface area (Å²) in [5, 5.41) is 28.4. The minimum atomic E-state index is -5.37. The molecule has 0 spiro atoms. The number of fused-ring (bicyclic) bond motifs is 2. The van der Waals surface area contributed by atoms with Crippen molar-refractivity contribution in [3.63, 3.8) is 0 Å². The fourth-order valence-corrected chi connectivity index (χ4v) is 5.04. The van der Waals surface area contributed by atoms with Crippen LogP contribution in [0.25, 0.3) is 22.2 Å². The molecular formula is C29H25F4N5O5. The Morgan fingerprint density at radius 3 is 2.51 bits per heavy atom. The molecule has 14 heteroatoms. The number of nitrogens with one attached hydrogen (secondary N) is 1. The van der Waals surface area contributed by atoms with E-state index in [1.165, 1.54) is 25.1 Å². The zero-order valence-corrected chi connectivity index (χ0v) is 22.6. The Bertz CT molecular complexity index is 1790. The number of phenols is 1. The van der Waals surface area contributed by atoms with Crippen molar-refractivity contribution in [2.75, 3.05) is 13.2 Å². The number of nitrogens with zero attached hydrogens (tertiary/aromatic N) is 3. The quantitative estimate of drug-likeness (QED) is 0.237. The molecule has 2 aliphatic rings. The summed E-state index contributed by atoms with van der Waals surface area (Å²) in [5.41, 5.74) is -0.699. The second kappa shape index (κ2) is 9.66. The van der Waals surface area contributed by atoms with Crippen LogP contribution in [0.15, 0.2) is 48.7 Å². The number of primary amides is 1. The third-order valence-corrected chi connectivity index (χ3v) is 7.92. The Hall–Kier alpha value is -4.72. The van der Waals surface area contributed by atoms with Crippen LogP contribution in [0.2, 0.25) is 0 Å². The van der Waals surface area contributed by atoms with Crippen LogP contribution < -0.4 is 15.8 Å². The first-order valence-electron chi connectivity index (χ1n) is 13.2. The number of benzene rings is 2. The van der Waals surface area contributed by atoms with Gasteiger partial charge in [0, 0.05) is 28.3 Å². The molecule has 0 radical (unpaired) electrons. The Labute approximate surface area is 241 Å². The van der Waals surface area contributed by atoms with Gasteiger partial charge in [0.2, 0.25) is 11.5 Å². The van der Waals surface area contributed by atoms with Crippen LogP contribution in [0.1, 0.15) is 47.4 Å². The average Bonchev–Trinajstić information content (AvgIpc) is 3.62. The number of amides is 2. The highest BCUT2D eigenvalue weighted by Crippen LogP contribution is 2.47.